The van der Waals surface area contributed by atoms with Gasteiger partial charge in [-0.05, 0) is 45.6 Å². The van der Waals surface area contributed by atoms with Crippen molar-refractivity contribution in [3.63, 3.8) is 0 Å². The van der Waals surface area contributed by atoms with Crippen molar-refractivity contribution in [2.24, 2.45) is 0 Å². The number of carboxylic acids is 1. The molecule has 0 aromatic carbocycles. The summed E-state index contributed by atoms with van der Waals surface area (Å²) in [5, 5.41) is 10.9. The van der Waals surface area contributed by atoms with Crippen molar-refractivity contribution in [1.29, 1.82) is 0 Å². The summed E-state index contributed by atoms with van der Waals surface area (Å²) in [6, 6.07) is 0.833. The molecule has 1 saturated heterocycles. The highest BCUT2D eigenvalue weighted by Gasteiger charge is 2.12. The molecule has 26 heavy (non-hydrogen) atoms. The van der Waals surface area contributed by atoms with E-state index in [1.54, 1.807) is 20.3 Å². The minimum absolute atomic E-state index is 0. The van der Waals surface area contributed by atoms with Crippen molar-refractivity contribution in [3.05, 3.63) is 25.3 Å². The van der Waals surface area contributed by atoms with Gasteiger partial charge in [0.25, 0.3) is 5.97 Å². The second kappa shape index (κ2) is 49.6. The monoisotopic (exact) mass is 377 g/mol. The van der Waals surface area contributed by atoms with E-state index in [1.807, 2.05) is 40.7 Å². The van der Waals surface area contributed by atoms with Gasteiger partial charge in [-0.15, -0.1) is 13.2 Å². The lowest BCUT2D eigenvalue weighted by atomic mass is 10.1. The highest BCUT2D eigenvalue weighted by Crippen LogP contribution is 2.12. The van der Waals surface area contributed by atoms with Crippen LogP contribution in [0.25, 0.3) is 0 Å². The normalized spacial score (nSPS) is 12.7. The number of unbranched alkanes of at least 4 members (excludes halogenated alkanes) is 2. The van der Waals surface area contributed by atoms with Gasteiger partial charge in [-0.25, -0.2) is 0 Å². The molecule has 0 spiro atoms. The Hall–Kier alpha value is -1.13. The van der Waals surface area contributed by atoms with Crippen molar-refractivity contribution >= 4 is 5.97 Å². The molecule has 4 heteroatoms. The predicted molar refractivity (Wildman–Crippen MR) is 121 cm³/mol. The van der Waals surface area contributed by atoms with Crippen LogP contribution in [0, 0.1) is 0 Å². The standard InChI is InChI=1S/C10H19N.C3H6.C2H4O2.C2H6O.2C2H6.CH4/c1-2-3-4-5-7-10-8-6-9-11-10;1-3-2;1-2(3)4;1-3-2;2*1-2;/h2,10-11H,1,3-9H2;3H,1H2,2H3;1H3,(H,3,4);1-2H3;2*1-2H3;1H4. The summed E-state index contributed by atoms with van der Waals surface area (Å²) < 4.78 is 4.25. The smallest absolute Gasteiger partial charge is 0.300 e. The molecule has 2 N–H and O–H groups in total. The molecule has 0 saturated carbocycles. The number of hydrogen-bond acceptors (Lipinski definition) is 3. The van der Waals surface area contributed by atoms with Gasteiger partial charge in [0.05, 0.1) is 0 Å². The molecule has 162 valence electrons. The zero-order chi connectivity index (χ0) is 20.9. The zero-order valence-electron chi connectivity index (χ0n) is 18.4. The number of carboxylic acid groups (broad SMARTS) is 1. The van der Waals surface area contributed by atoms with E-state index in [0.717, 1.165) is 13.0 Å². The Morgan fingerprint density at radius 2 is 1.58 bits per heavy atom. The minimum Gasteiger partial charge on any atom is -0.481 e. The van der Waals surface area contributed by atoms with Crippen molar-refractivity contribution in [1.82, 2.24) is 5.32 Å². The number of carbonyl (C=O) groups is 1. The Morgan fingerprint density at radius 1 is 1.19 bits per heavy atom. The second-order valence-corrected chi connectivity index (χ2v) is 4.70. The molecule has 0 aromatic rings. The van der Waals surface area contributed by atoms with Crippen LogP contribution in [-0.2, 0) is 9.53 Å². The number of rotatable bonds is 5. The van der Waals surface area contributed by atoms with Crippen molar-refractivity contribution in [2.45, 2.75) is 93.5 Å². The first kappa shape index (κ1) is 39.8. The minimum atomic E-state index is -0.833. The van der Waals surface area contributed by atoms with Gasteiger partial charge < -0.3 is 15.2 Å². The van der Waals surface area contributed by atoms with Crippen LogP contribution in [0.15, 0.2) is 25.3 Å². The topological polar surface area (TPSA) is 58.6 Å². The van der Waals surface area contributed by atoms with E-state index in [9.17, 15) is 0 Å². The van der Waals surface area contributed by atoms with Crippen molar-refractivity contribution < 1.29 is 14.6 Å². The molecule has 0 aromatic heterocycles. The van der Waals surface area contributed by atoms with Gasteiger partial charge in [-0.2, -0.15) is 0 Å². The van der Waals surface area contributed by atoms with Crippen LogP contribution in [0.4, 0.5) is 0 Å². The van der Waals surface area contributed by atoms with Crippen molar-refractivity contribution in [3.8, 4) is 0 Å². The maximum atomic E-state index is 9.00. The molecule has 1 unspecified atom stereocenters. The lowest BCUT2D eigenvalue weighted by Crippen LogP contribution is -2.20. The molecule has 0 amide bonds. The van der Waals surface area contributed by atoms with E-state index in [2.05, 4.69) is 23.2 Å². The number of allylic oxidation sites excluding steroid dienone is 2. The Kier molecular flexibility index (Phi) is 75.9. The first-order valence-corrected chi connectivity index (χ1v) is 9.51. The number of aliphatic carboxylic acids is 1. The third-order valence-electron chi connectivity index (χ3n) is 2.37. The van der Waals surface area contributed by atoms with Gasteiger partial charge in [-0.1, -0.05) is 53.7 Å². The van der Waals surface area contributed by atoms with Crippen LogP contribution >= 0.6 is 0 Å². The Labute approximate surface area is 166 Å². The Balaban J connectivity index is -0.0000000563. The molecule has 1 fully saturated rings. The fourth-order valence-corrected chi connectivity index (χ4v) is 1.68. The fraction of sp³-hybridized carbons (Fsp3) is 0.773. The van der Waals surface area contributed by atoms with E-state index in [-0.39, 0.29) is 7.43 Å². The molecular weight excluding hydrogens is 326 g/mol. The zero-order valence-corrected chi connectivity index (χ0v) is 18.4. The third kappa shape index (κ3) is 77.6. The fourth-order valence-electron chi connectivity index (χ4n) is 1.68. The van der Waals surface area contributed by atoms with Gasteiger partial charge in [0.1, 0.15) is 0 Å². The molecular formula is C22H51NO3. The molecule has 4 nitrogen and oxygen atoms in total. The average molecular weight is 378 g/mol. The quantitative estimate of drug-likeness (QED) is 0.412. The van der Waals surface area contributed by atoms with Crippen LogP contribution in [0.2, 0.25) is 0 Å². The highest BCUT2D eigenvalue weighted by atomic mass is 16.4. The Bertz CT molecular complexity index is 221. The number of ether oxygens (including phenoxy) is 1. The van der Waals surface area contributed by atoms with E-state index in [1.165, 1.54) is 45.1 Å². The predicted octanol–water partition coefficient (Wildman–Crippen LogP) is 6.72. The van der Waals surface area contributed by atoms with Gasteiger partial charge in [0, 0.05) is 27.2 Å². The first-order chi connectivity index (χ1) is 12.0. The molecule has 1 atom stereocenters. The molecule has 1 aliphatic rings. The van der Waals surface area contributed by atoms with Gasteiger partial charge in [-0.3, -0.25) is 4.79 Å². The average Bonchev–Trinajstić information content (AvgIpc) is 3.10. The number of methoxy groups -OCH3 is 1. The summed E-state index contributed by atoms with van der Waals surface area (Å²) >= 11 is 0. The third-order valence-corrected chi connectivity index (χ3v) is 2.37. The van der Waals surface area contributed by atoms with Gasteiger partial charge >= 0.3 is 0 Å². The SMILES string of the molecule is C.C=CC.C=CCCCCC1CCCN1.CC.CC.CC(=O)O.COC. The summed E-state index contributed by atoms with van der Waals surface area (Å²) in [5.74, 6) is -0.833. The molecule has 1 rings (SSSR count). The summed E-state index contributed by atoms with van der Waals surface area (Å²) in [6.45, 7) is 19.3. The summed E-state index contributed by atoms with van der Waals surface area (Å²) in [4.78, 5) is 9.00. The van der Waals surface area contributed by atoms with Crippen LogP contribution < -0.4 is 5.32 Å². The maximum Gasteiger partial charge on any atom is 0.300 e. The maximum absolute atomic E-state index is 9.00. The lowest BCUT2D eigenvalue weighted by Gasteiger charge is -2.07. The molecule has 0 bridgehead atoms. The van der Waals surface area contributed by atoms with Crippen LogP contribution in [0.3, 0.4) is 0 Å². The summed E-state index contributed by atoms with van der Waals surface area (Å²) in [5.41, 5.74) is 0. The van der Waals surface area contributed by atoms with Crippen LogP contribution in [-0.4, -0.2) is 37.9 Å². The lowest BCUT2D eigenvalue weighted by molar-refractivity contribution is -0.134. The summed E-state index contributed by atoms with van der Waals surface area (Å²) in [6.07, 6.45) is 11.8. The number of nitrogens with one attached hydrogen (secondary N) is 1. The van der Waals surface area contributed by atoms with Gasteiger partial charge in [0.2, 0.25) is 0 Å². The van der Waals surface area contributed by atoms with Crippen LogP contribution in [0.5, 0.6) is 0 Å². The molecule has 0 aliphatic carbocycles. The van der Waals surface area contributed by atoms with Crippen LogP contribution in [0.1, 0.15) is 87.5 Å². The molecule has 0 radical (unpaired) electrons. The van der Waals surface area contributed by atoms with E-state index >= 15 is 0 Å². The summed E-state index contributed by atoms with van der Waals surface area (Å²) in [7, 11) is 3.25. The van der Waals surface area contributed by atoms with E-state index < -0.39 is 5.97 Å². The Morgan fingerprint density at radius 3 is 1.85 bits per heavy atom. The largest absolute Gasteiger partial charge is 0.481 e. The number of hydrogen-bond donors (Lipinski definition) is 2. The second-order valence-electron chi connectivity index (χ2n) is 4.70. The van der Waals surface area contributed by atoms with E-state index in [0.29, 0.717) is 0 Å². The van der Waals surface area contributed by atoms with E-state index in [4.69, 9.17) is 9.90 Å². The molecule has 1 aliphatic heterocycles. The molecule has 1 heterocycles. The van der Waals surface area contributed by atoms with Gasteiger partial charge in [0.15, 0.2) is 0 Å². The van der Waals surface area contributed by atoms with Crippen molar-refractivity contribution in [2.75, 3.05) is 20.8 Å². The highest BCUT2D eigenvalue weighted by molar-refractivity contribution is 5.62. The first-order valence-electron chi connectivity index (χ1n) is 9.51.